The Morgan fingerprint density at radius 2 is 1.76 bits per heavy atom. The van der Waals surface area contributed by atoms with Crippen molar-refractivity contribution in [1.82, 2.24) is 5.32 Å². The van der Waals surface area contributed by atoms with Crippen LogP contribution in [0.2, 0.25) is 10.0 Å². The molecule has 2 aromatic rings. The summed E-state index contributed by atoms with van der Waals surface area (Å²) >= 11 is 12.2. The molecule has 0 heterocycles. The molecule has 0 aliphatic heterocycles. The van der Waals surface area contributed by atoms with Crippen molar-refractivity contribution in [3.8, 4) is 0 Å². The van der Waals surface area contributed by atoms with E-state index in [1.807, 2.05) is 6.92 Å². The Labute approximate surface area is 157 Å². The molecular formula is C17H18Cl2N2O3S. The number of rotatable bonds is 7. The van der Waals surface area contributed by atoms with E-state index in [4.69, 9.17) is 23.2 Å². The number of benzene rings is 2. The number of nitrogens with zero attached hydrogens (tertiary/aromatic N) is 1. The lowest BCUT2D eigenvalue weighted by molar-refractivity contribution is -0.119. The zero-order valence-electron chi connectivity index (χ0n) is 13.6. The standard InChI is InChI=1S/C17H18Cl2N2O3S/c1-2-11-20-16(22)12-21(15-10-6-9-14(18)17(15)19)25(23,24)13-7-4-3-5-8-13/h3-10H,2,11-12H2,1H3,(H,20,22). The first-order valence-electron chi connectivity index (χ1n) is 7.66. The SMILES string of the molecule is CCCNC(=O)CN(c1cccc(Cl)c1Cl)S(=O)(=O)c1ccccc1. The Morgan fingerprint density at radius 1 is 1.08 bits per heavy atom. The summed E-state index contributed by atoms with van der Waals surface area (Å²) in [6.07, 6.45) is 0.745. The summed E-state index contributed by atoms with van der Waals surface area (Å²) in [5.41, 5.74) is 0.157. The molecule has 25 heavy (non-hydrogen) atoms. The van der Waals surface area contributed by atoms with Crippen LogP contribution in [0.15, 0.2) is 53.4 Å². The van der Waals surface area contributed by atoms with Gasteiger partial charge in [0.25, 0.3) is 10.0 Å². The predicted octanol–water partition coefficient (Wildman–Crippen LogP) is 3.71. The van der Waals surface area contributed by atoms with E-state index in [9.17, 15) is 13.2 Å². The lowest BCUT2D eigenvalue weighted by Gasteiger charge is -2.25. The molecule has 0 bridgehead atoms. The van der Waals surface area contributed by atoms with Gasteiger partial charge in [0.05, 0.1) is 20.6 Å². The van der Waals surface area contributed by atoms with E-state index in [0.717, 1.165) is 10.7 Å². The minimum absolute atomic E-state index is 0.0642. The molecule has 2 aromatic carbocycles. The van der Waals surface area contributed by atoms with Crippen molar-refractivity contribution in [2.24, 2.45) is 0 Å². The first-order valence-corrected chi connectivity index (χ1v) is 9.86. The van der Waals surface area contributed by atoms with Crippen LogP contribution in [0.25, 0.3) is 0 Å². The minimum Gasteiger partial charge on any atom is -0.355 e. The first kappa shape index (κ1) is 19.6. The van der Waals surface area contributed by atoms with Crippen molar-refractivity contribution in [2.75, 3.05) is 17.4 Å². The average Bonchev–Trinajstić information content (AvgIpc) is 2.61. The summed E-state index contributed by atoms with van der Waals surface area (Å²) in [6, 6.07) is 12.5. The number of anilines is 1. The van der Waals surface area contributed by atoms with Crippen LogP contribution in [0.4, 0.5) is 5.69 Å². The van der Waals surface area contributed by atoms with E-state index in [1.165, 1.54) is 18.2 Å². The highest BCUT2D eigenvalue weighted by molar-refractivity contribution is 7.92. The zero-order chi connectivity index (χ0) is 18.4. The van der Waals surface area contributed by atoms with Crippen LogP contribution in [-0.4, -0.2) is 27.4 Å². The molecule has 0 saturated carbocycles. The third kappa shape index (κ3) is 4.66. The van der Waals surface area contributed by atoms with Gasteiger partial charge in [-0.25, -0.2) is 8.42 Å². The van der Waals surface area contributed by atoms with Crippen LogP contribution in [0.5, 0.6) is 0 Å². The number of halogens is 2. The maximum Gasteiger partial charge on any atom is 0.264 e. The van der Waals surface area contributed by atoms with Gasteiger partial charge in [0.1, 0.15) is 6.54 Å². The fourth-order valence-electron chi connectivity index (χ4n) is 2.16. The maximum absolute atomic E-state index is 13.0. The number of amides is 1. The molecule has 0 aromatic heterocycles. The molecular weight excluding hydrogens is 383 g/mol. The molecule has 5 nitrogen and oxygen atoms in total. The Morgan fingerprint density at radius 3 is 2.40 bits per heavy atom. The number of nitrogens with one attached hydrogen (secondary N) is 1. The number of sulfonamides is 1. The lowest BCUT2D eigenvalue weighted by atomic mass is 10.3. The van der Waals surface area contributed by atoms with E-state index in [0.29, 0.717) is 6.54 Å². The topological polar surface area (TPSA) is 66.5 Å². The molecule has 0 aliphatic carbocycles. The van der Waals surface area contributed by atoms with E-state index in [1.54, 1.807) is 30.3 Å². The maximum atomic E-state index is 13.0. The van der Waals surface area contributed by atoms with Crippen LogP contribution in [0.1, 0.15) is 13.3 Å². The Hall–Kier alpha value is -1.76. The molecule has 0 fully saturated rings. The van der Waals surface area contributed by atoms with Gasteiger partial charge in [-0.2, -0.15) is 0 Å². The second-order valence-electron chi connectivity index (χ2n) is 5.25. The van der Waals surface area contributed by atoms with E-state index in [-0.39, 0.29) is 20.6 Å². The fraction of sp³-hybridized carbons (Fsp3) is 0.235. The van der Waals surface area contributed by atoms with E-state index < -0.39 is 22.5 Å². The van der Waals surface area contributed by atoms with Crippen molar-refractivity contribution in [2.45, 2.75) is 18.2 Å². The van der Waals surface area contributed by atoms with Crippen molar-refractivity contribution >= 4 is 44.8 Å². The van der Waals surface area contributed by atoms with Gasteiger partial charge in [-0.3, -0.25) is 9.10 Å². The van der Waals surface area contributed by atoms with Crippen LogP contribution in [0.3, 0.4) is 0 Å². The number of carbonyl (C=O) groups excluding carboxylic acids is 1. The normalized spacial score (nSPS) is 11.2. The molecule has 1 N–H and O–H groups in total. The molecule has 8 heteroatoms. The fourth-order valence-corrected chi connectivity index (χ4v) is 4.06. The van der Waals surface area contributed by atoms with Crippen molar-refractivity contribution < 1.29 is 13.2 Å². The van der Waals surface area contributed by atoms with E-state index in [2.05, 4.69) is 5.32 Å². The van der Waals surface area contributed by atoms with Crippen molar-refractivity contribution in [3.05, 3.63) is 58.6 Å². The van der Waals surface area contributed by atoms with Gasteiger partial charge in [0.15, 0.2) is 0 Å². The third-order valence-electron chi connectivity index (χ3n) is 3.39. The monoisotopic (exact) mass is 400 g/mol. The van der Waals surface area contributed by atoms with Crippen LogP contribution in [-0.2, 0) is 14.8 Å². The van der Waals surface area contributed by atoms with Crippen LogP contribution >= 0.6 is 23.2 Å². The number of hydrogen-bond acceptors (Lipinski definition) is 3. The number of carbonyl (C=O) groups is 1. The van der Waals surface area contributed by atoms with Gasteiger partial charge < -0.3 is 5.32 Å². The predicted molar refractivity (Wildman–Crippen MR) is 101 cm³/mol. The molecule has 0 atom stereocenters. The molecule has 0 saturated heterocycles. The first-order chi connectivity index (χ1) is 11.9. The summed E-state index contributed by atoms with van der Waals surface area (Å²) in [5, 5.41) is 2.95. The van der Waals surface area contributed by atoms with Gasteiger partial charge in [-0.05, 0) is 30.7 Å². The lowest BCUT2D eigenvalue weighted by Crippen LogP contribution is -2.41. The van der Waals surface area contributed by atoms with Gasteiger partial charge in [0, 0.05) is 6.54 Å². The smallest absolute Gasteiger partial charge is 0.264 e. The summed E-state index contributed by atoms with van der Waals surface area (Å²) in [4.78, 5) is 12.2. The summed E-state index contributed by atoms with van der Waals surface area (Å²) in [7, 11) is -3.98. The highest BCUT2D eigenvalue weighted by Gasteiger charge is 2.29. The van der Waals surface area contributed by atoms with Gasteiger partial charge in [0.2, 0.25) is 5.91 Å². The molecule has 0 aliphatic rings. The molecule has 134 valence electrons. The molecule has 2 rings (SSSR count). The van der Waals surface area contributed by atoms with Crippen molar-refractivity contribution in [3.63, 3.8) is 0 Å². The Balaban J connectivity index is 2.49. The molecule has 0 spiro atoms. The molecule has 0 radical (unpaired) electrons. The molecule has 1 amide bonds. The molecule has 0 unspecified atom stereocenters. The third-order valence-corrected chi connectivity index (χ3v) is 5.97. The summed E-state index contributed by atoms with van der Waals surface area (Å²) in [5.74, 6) is -0.419. The van der Waals surface area contributed by atoms with Gasteiger partial charge >= 0.3 is 0 Å². The number of hydrogen-bond donors (Lipinski definition) is 1. The Kier molecular flexibility index (Phi) is 6.70. The zero-order valence-corrected chi connectivity index (χ0v) is 15.9. The summed E-state index contributed by atoms with van der Waals surface area (Å²) < 4.78 is 27.1. The van der Waals surface area contributed by atoms with Gasteiger partial charge in [-0.1, -0.05) is 54.4 Å². The second-order valence-corrected chi connectivity index (χ2v) is 7.90. The van der Waals surface area contributed by atoms with Crippen LogP contribution in [0, 0.1) is 0 Å². The highest BCUT2D eigenvalue weighted by atomic mass is 35.5. The largest absolute Gasteiger partial charge is 0.355 e. The average molecular weight is 401 g/mol. The highest BCUT2D eigenvalue weighted by Crippen LogP contribution is 2.35. The quantitative estimate of drug-likeness (QED) is 0.769. The second kappa shape index (κ2) is 8.56. The van der Waals surface area contributed by atoms with E-state index >= 15 is 0 Å². The van der Waals surface area contributed by atoms with Gasteiger partial charge in [-0.15, -0.1) is 0 Å². The van der Waals surface area contributed by atoms with Crippen LogP contribution < -0.4 is 9.62 Å². The van der Waals surface area contributed by atoms with Crippen molar-refractivity contribution in [1.29, 1.82) is 0 Å². The summed E-state index contributed by atoms with van der Waals surface area (Å²) in [6.45, 7) is 1.98. The Bertz CT molecular complexity index is 842. The minimum atomic E-state index is -3.98.